The van der Waals surface area contributed by atoms with E-state index in [2.05, 4.69) is 29.9 Å². The van der Waals surface area contributed by atoms with E-state index in [1.807, 2.05) is 105 Å². The smallest absolute Gasteiger partial charge is 2.00 e. The normalized spacial score (nSPS) is 10.0. The number of halogens is 3. The molecule has 0 bridgehead atoms. The molecule has 0 saturated heterocycles. The molecule has 0 unspecified atom stereocenters. The molecule has 0 amide bonds. The van der Waals surface area contributed by atoms with Gasteiger partial charge in [0.1, 0.15) is 0 Å². The molecule has 0 atom stereocenters. The number of ether oxygens (including phenoxy) is 1. The van der Waals surface area contributed by atoms with Gasteiger partial charge in [-0.05, 0) is 176 Å². The molecule has 24 nitrogen and oxygen atoms in total. The largest absolute Gasteiger partial charge is 3.00 e. The van der Waals surface area contributed by atoms with E-state index >= 15 is 15.3 Å². The van der Waals surface area contributed by atoms with E-state index in [9.17, 15) is 13.2 Å². The van der Waals surface area contributed by atoms with Crippen LogP contribution in [0.3, 0.4) is 0 Å². The van der Waals surface area contributed by atoms with Gasteiger partial charge in [-0.1, -0.05) is 109 Å². The fourth-order valence-corrected chi connectivity index (χ4v) is 9.07. The maximum Gasteiger partial charge on any atom is 3.00 e. The number of hydrogen-bond donors (Lipinski definition) is 0. The molecule has 0 aliphatic rings. The zero-order chi connectivity index (χ0) is 69.5. The summed E-state index contributed by atoms with van der Waals surface area (Å²) in [5.41, 5.74) is -5.22. The van der Waals surface area contributed by atoms with Crippen molar-refractivity contribution in [2.24, 2.45) is 0 Å². The average molecular weight is 1570 g/mol. The summed E-state index contributed by atoms with van der Waals surface area (Å²) in [5.74, 6) is -3.25. The van der Waals surface area contributed by atoms with Crippen LogP contribution in [-0.4, -0.2) is 79.5 Å². The number of nitrogens with zero attached hydrogens (tertiary/aromatic N) is 7. The van der Waals surface area contributed by atoms with Crippen LogP contribution in [0.2, 0.25) is 0 Å². The topological polar surface area (TPSA) is 471 Å². The van der Waals surface area contributed by atoms with E-state index in [0.29, 0.717) is 50.1 Å². The van der Waals surface area contributed by atoms with Crippen molar-refractivity contribution in [2.75, 3.05) is 13.2 Å². The van der Waals surface area contributed by atoms with Crippen LogP contribution in [0.25, 0.3) is 33.4 Å². The number of carboxylic acids is 3. The number of aromatic nitrogens is 6. The third-order valence-corrected chi connectivity index (χ3v) is 13.2. The fraction of sp³-hybridized carbons (Fsp3) is 0.171. The summed E-state index contributed by atoms with van der Waals surface area (Å²) in [5, 5.41) is 81.9. The summed E-state index contributed by atoms with van der Waals surface area (Å²) in [6.45, 7) is 10.0. The second kappa shape index (κ2) is 50.0. The van der Waals surface area contributed by atoms with Gasteiger partial charge in [0.2, 0.25) is 0 Å². The molecule has 4 aromatic carbocycles. The Labute approximate surface area is 638 Å². The Morgan fingerprint density at radius 3 is 0.706 bits per heavy atom. The summed E-state index contributed by atoms with van der Waals surface area (Å²) in [7, 11) is -6.09. The van der Waals surface area contributed by atoms with E-state index in [0.717, 1.165) is 34.0 Å². The Morgan fingerprint density at radius 2 is 0.578 bits per heavy atom. The first-order valence-corrected chi connectivity index (χ1v) is 29.6. The second-order valence-electron chi connectivity index (χ2n) is 19.1. The van der Waals surface area contributed by atoms with Crippen molar-refractivity contribution in [1.29, 1.82) is 5.26 Å². The summed E-state index contributed by atoms with van der Waals surface area (Å²) in [6, 6.07) is 61.8. The molecule has 102 heavy (non-hydrogen) atoms. The molecule has 32 heteroatoms. The minimum absolute atomic E-state index is 0. The maximum absolute atomic E-state index is 16.0. The molecule has 0 fully saturated rings. The fourth-order valence-electron chi connectivity index (χ4n) is 9.07. The molecule has 0 saturated carbocycles. The van der Waals surface area contributed by atoms with E-state index in [4.69, 9.17) is 52.7 Å². The standard InChI is InChI=1S/C57H39N6O3.C4H10O.C2H3N.3C2H4O2.CHF3O3S.3Mn.4O.Sc/c64-55(49-25-7-13-31-58-49,50-26-8-14-32-59-50)46-22-4-1-19-43(46)40-37-41(44-20-2-5-23-47(44)56(65,51-27-9-15-33-60-51)52-28-10-16-34-61-52)39-42(38-40)45-21-3-6-24-48(45)57(66,53-29-11-17-35-62-53)54-30-12-18-36-63-54;1-3-5-4-2;1-2-3;3*1-2(3)4;2-1(3,4)8(5,6)7;;;;;;;;/h1-39H;3-4H2,1-2H3;1H3;3*1H3,(H,3,4);(H,5,6,7);;;;;;;;/q-3;;;;;;;;;;4*-2;+3/p-4. The molecule has 541 valence electrons. The zero-order valence-corrected chi connectivity index (χ0v) is 60.9. The zero-order valence-electron chi connectivity index (χ0n) is 54.8. The molecule has 0 aliphatic heterocycles. The summed E-state index contributed by atoms with van der Waals surface area (Å²) in [4.78, 5) is 54.4. The van der Waals surface area contributed by atoms with Crippen molar-refractivity contribution in [2.45, 2.75) is 63.9 Å². The first-order valence-electron chi connectivity index (χ1n) is 28.2. The van der Waals surface area contributed by atoms with Gasteiger partial charge in [0.05, 0.1) is 6.07 Å². The van der Waals surface area contributed by atoms with Crippen LogP contribution in [0.1, 0.15) is 92.4 Å². The Bertz CT molecular complexity index is 3660. The second-order valence-corrected chi connectivity index (χ2v) is 20.5. The molecular formula is C70H61F3Mn3N7O17SSc-12. The van der Waals surface area contributed by atoms with Crippen molar-refractivity contribution < 1.29 is 175 Å². The number of nitriles is 1. The van der Waals surface area contributed by atoms with E-state index in [1.165, 1.54) is 6.92 Å². The SMILES string of the molecule is CC#N.CC(=O)[O-].CC(=O)[O-].CC(=O)[O-].CCOCC.O=S(=O)([O-])C(F)(F)F.[Mn].[Mn].[Mn].[O-2].[O-2].[O-2].[O-2].[O-]C(c1ccccn1)(c1ccccn1)c1ccccc1-c1cc(-c2ccccc2C([O-])(c2ccccn2)c2ccccn2)cc(-c2ccccc2C([O-])(c2ccccn2)c2ccccn2)c1.[Sc+3]. The molecular weight excluding hydrogens is 1510 g/mol. The van der Waals surface area contributed by atoms with Gasteiger partial charge in [-0.25, -0.2) is 8.42 Å². The summed E-state index contributed by atoms with van der Waals surface area (Å²) in [6.07, 6.45) is 9.65. The van der Waals surface area contributed by atoms with Gasteiger partial charge in [-0.15, -0.1) is 0 Å². The van der Waals surface area contributed by atoms with Gasteiger partial charge in [-0.3, -0.25) is 29.9 Å². The van der Waals surface area contributed by atoms with Crippen molar-refractivity contribution in [3.8, 4) is 39.4 Å². The molecule has 6 heterocycles. The first kappa shape index (κ1) is 102. The van der Waals surface area contributed by atoms with Crippen LogP contribution in [-0.2, 0) is 145 Å². The van der Waals surface area contributed by atoms with Gasteiger partial charge in [0, 0.05) is 177 Å². The van der Waals surface area contributed by atoms with Crippen LogP contribution < -0.4 is 30.6 Å². The number of carbonyl (C=O) groups is 3. The first-order chi connectivity index (χ1) is 44.7. The number of alkyl halides is 3. The predicted octanol–water partition coefficient (Wildman–Crippen LogP) is 5.42. The van der Waals surface area contributed by atoms with Crippen LogP contribution in [0, 0.1) is 11.3 Å². The van der Waals surface area contributed by atoms with Gasteiger partial charge in [-0.2, -0.15) is 18.4 Å². The molecule has 3 radical (unpaired) electrons. The van der Waals surface area contributed by atoms with E-state index < -0.39 is 50.3 Å². The Morgan fingerprint density at radius 1 is 0.422 bits per heavy atom. The van der Waals surface area contributed by atoms with Gasteiger partial charge < -0.3 is 76.2 Å². The number of benzene rings is 4. The van der Waals surface area contributed by atoms with Crippen molar-refractivity contribution in [3.63, 3.8) is 0 Å². The Kier molecular flexibility index (Phi) is 50.0. The van der Waals surface area contributed by atoms with Crippen LogP contribution in [0.15, 0.2) is 237 Å². The van der Waals surface area contributed by atoms with Gasteiger partial charge in [0.25, 0.3) is 0 Å². The molecule has 0 aliphatic carbocycles. The molecule has 10 rings (SSSR count). The number of carbonyl (C=O) groups excluding carboxylic acids is 3. The van der Waals surface area contributed by atoms with Crippen molar-refractivity contribution in [1.82, 2.24) is 29.9 Å². The van der Waals surface area contributed by atoms with E-state index in [-0.39, 0.29) is 133 Å². The molecule has 6 aromatic heterocycles. The monoisotopic (exact) mass is 1570 g/mol. The Hall–Kier alpha value is -8.51. The number of aliphatic carboxylic acids is 3. The Balaban J connectivity index is -0.000000747. The predicted molar refractivity (Wildman–Crippen MR) is 332 cm³/mol. The van der Waals surface area contributed by atoms with Crippen LogP contribution >= 0.6 is 0 Å². The average Bonchev–Trinajstić information content (AvgIpc) is 0.748. The minimum atomic E-state index is -6.09. The van der Waals surface area contributed by atoms with Crippen molar-refractivity contribution in [3.05, 3.63) is 288 Å². The number of pyridine rings is 6. The quantitative estimate of drug-likeness (QED) is 0.0744. The van der Waals surface area contributed by atoms with E-state index in [1.54, 1.807) is 152 Å². The molecule has 0 spiro atoms. The number of rotatable bonds is 14. The minimum Gasteiger partial charge on any atom is -2.00 e. The number of carboxylic acid groups (broad SMARTS) is 3. The summed E-state index contributed by atoms with van der Waals surface area (Å²) < 4.78 is 63.7. The summed E-state index contributed by atoms with van der Waals surface area (Å²) >= 11 is 0. The molecule has 0 N–H and O–H groups in total. The van der Waals surface area contributed by atoms with Crippen LogP contribution in [0.4, 0.5) is 13.2 Å². The van der Waals surface area contributed by atoms with Gasteiger partial charge >= 0.3 is 31.4 Å². The molecule has 10 aromatic rings. The number of hydrogen-bond acceptors (Lipinski definition) is 20. The van der Waals surface area contributed by atoms with Gasteiger partial charge in [0.15, 0.2) is 10.1 Å². The van der Waals surface area contributed by atoms with Crippen molar-refractivity contribution >= 4 is 28.0 Å². The maximum atomic E-state index is 16.0. The van der Waals surface area contributed by atoms with Crippen LogP contribution in [0.5, 0.6) is 0 Å². The third-order valence-electron chi connectivity index (χ3n) is 12.6. The third kappa shape index (κ3) is 28.7.